The second kappa shape index (κ2) is 5.73. The molecule has 1 aromatic carbocycles. The van der Waals surface area contributed by atoms with Crippen LogP contribution in [0.2, 0.25) is 0 Å². The third-order valence-corrected chi connectivity index (χ3v) is 2.04. The van der Waals surface area contributed by atoms with Crippen LogP contribution in [-0.2, 0) is 0 Å². The van der Waals surface area contributed by atoms with Gasteiger partial charge in [0.25, 0.3) is 0 Å². The molecule has 0 aromatic heterocycles. The van der Waals surface area contributed by atoms with Gasteiger partial charge in [-0.2, -0.15) is 0 Å². The topological polar surface area (TPSA) is 38.7 Å². The van der Waals surface area contributed by atoms with Crippen LogP contribution >= 0.6 is 11.6 Å². The molecule has 0 fully saturated rings. The summed E-state index contributed by atoms with van der Waals surface area (Å²) < 4.78 is 10.3. The van der Waals surface area contributed by atoms with Crippen LogP contribution in [0.15, 0.2) is 24.3 Å². The molecule has 0 bridgehead atoms. The van der Waals surface area contributed by atoms with Crippen molar-refractivity contribution in [2.45, 2.75) is 6.10 Å². The van der Waals surface area contributed by atoms with Crippen molar-refractivity contribution in [3.8, 4) is 11.5 Å². The summed E-state index contributed by atoms with van der Waals surface area (Å²) in [6, 6.07) is 7.14. The minimum Gasteiger partial charge on any atom is -0.497 e. The van der Waals surface area contributed by atoms with Gasteiger partial charge in [0.2, 0.25) is 0 Å². The summed E-state index contributed by atoms with van der Waals surface area (Å²) in [5, 5.41) is 9.14. The Bertz CT molecular complexity index is 261. The number of benzene rings is 1. The summed E-state index contributed by atoms with van der Waals surface area (Å²) in [6.07, 6.45) is -0.626. The highest BCUT2D eigenvalue weighted by molar-refractivity contribution is 6.18. The van der Waals surface area contributed by atoms with Crippen LogP contribution in [0.1, 0.15) is 0 Å². The summed E-state index contributed by atoms with van der Waals surface area (Å²) in [5.41, 5.74) is 0. The summed E-state index contributed by atoms with van der Waals surface area (Å²) in [6.45, 7) is 0.204. The molecule has 3 nitrogen and oxygen atoms in total. The molecular weight excluding hydrogens is 204 g/mol. The number of hydrogen-bond donors (Lipinski definition) is 1. The van der Waals surface area contributed by atoms with Gasteiger partial charge in [-0.05, 0) is 24.3 Å². The SMILES string of the molecule is COc1ccc(OC[C@@H](O)CCl)cc1. The average molecular weight is 217 g/mol. The van der Waals surface area contributed by atoms with Gasteiger partial charge in [0.1, 0.15) is 24.2 Å². The molecule has 1 aromatic rings. The molecule has 78 valence electrons. The van der Waals surface area contributed by atoms with Gasteiger partial charge in [-0.1, -0.05) is 0 Å². The van der Waals surface area contributed by atoms with Gasteiger partial charge in [-0.15, -0.1) is 11.6 Å². The number of halogens is 1. The second-order valence-corrected chi connectivity index (χ2v) is 3.10. The molecule has 0 saturated carbocycles. The molecule has 0 amide bonds. The number of methoxy groups -OCH3 is 1. The van der Waals surface area contributed by atoms with Gasteiger partial charge in [-0.3, -0.25) is 0 Å². The van der Waals surface area contributed by atoms with Crippen LogP contribution in [0.3, 0.4) is 0 Å². The zero-order valence-electron chi connectivity index (χ0n) is 7.94. The monoisotopic (exact) mass is 216 g/mol. The Hall–Kier alpha value is -0.930. The number of rotatable bonds is 5. The summed E-state index contributed by atoms with van der Waals surface area (Å²) >= 11 is 5.42. The second-order valence-electron chi connectivity index (χ2n) is 2.79. The van der Waals surface area contributed by atoms with E-state index in [2.05, 4.69) is 0 Å². The van der Waals surface area contributed by atoms with Crippen LogP contribution in [0.5, 0.6) is 11.5 Å². The van der Waals surface area contributed by atoms with Crippen LogP contribution in [0.4, 0.5) is 0 Å². The molecule has 1 rings (SSSR count). The molecule has 0 aliphatic heterocycles. The van der Waals surface area contributed by atoms with E-state index in [9.17, 15) is 0 Å². The first-order chi connectivity index (χ1) is 6.76. The minimum atomic E-state index is -0.626. The normalized spacial score (nSPS) is 12.2. The highest BCUT2D eigenvalue weighted by Crippen LogP contribution is 2.16. The first-order valence-corrected chi connectivity index (χ1v) is 4.80. The van der Waals surface area contributed by atoms with E-state index in [1.807, 2.05) is 0 Å². The fourth-order valence-electron chi connectivity index (χ4n) is 0.909. The van der Waals surface area contributed by atoms with Crippen molar-refractivity contribution in [1.82, 2.24) is 0 Å². The molecule has 4 heteroatoms. The Morgan fingerprint density at radius 3 is 2.36 bits per heavy atom. The number of hydrogen-bond acceptors (Lipinski definition) is 3. The number of ether oxygens (including phenoxy) is 2. The van der Waals surface area contributed by atoms with E-state index in [1.165, 1.54) is 0 Å². The van der Waals surface area contributed by atoms with Crippen molar-refractivity contribution in [3.05, 3.63) is 24.3 Å². The van der Waals surface area contributed by atoms with E-state index in [4.69, 9.17) is 26.2 Å². The lowest BCUT2D eigenvalue weighted by Gasteiger charge is -2.09. The molecular formula is C10H13ClO3. The first kappa shape index (κ1) is 11.1. The largest absolute Gasteiger partial charge is 0.497 e. The van der Waals surface area contributed by atoms with Gasteiger partial charge in [0.05, 0.1) is 13.0 Å². The molecule has 14 heavy (non-hydrogen) atoms. The van der Waals surface area contributed by atoms with Crippen molar-refractivity contribution in [3.63, 3.8) is 0 Å². The first-order valence-electron chi connectivity index (χ1n) is 4.27. The molecule has 0 heterocycles. The minimum absolute atomic E-state index is 0.177. The van der Waals surface area contributed by atoms with E-state index < -0.39 is 6.10 Å². The standard InChI is InChI=1S/C10H13ClO3/c1-13-9-2-4-10(5-3-9)14-7-8(12)6-11/h2-5,8,12H,6-7H2,1H3/t8-/m0/s1. The van der Waals surface area contributed by atoms with E-state index in [0.29, 0.717) is 5.75 Å². The molecule has 0 aliphatic rings. The highest BCUT2D eigenvalue weighted by Gasteiger charge is 2.02. The molecule has 0 radical (unpaired) electrons. The van der Waals surface area contributed by atoms with Gasteiger partial charge in [0, 0.05) is 0 Å². The lowest BCUT2D eigenvalue weighted by Crippen LogP contribution is -2.18. The molecule has 0 saturated heterocycles. The van der Waals surface area contributed by atoms with Crippen molar-refractivity contribution in [1.29, 1.82) is 0 Å². The Morgan fingerprint density at radius 1 is 1.29 bits per heavy atom. The Labute approximate surface area is 88.2 Å². The summed E-state index contributed by atoms with van der Waals surface area (Å²) in [4.78, 5) is 0. The van der Waals surface area contributed by atoms with E-state index in [0.717, 1.165) is 5.75 Å². The predicted molar refractivity (Wildman–Crippen MR) is 55.2 cm³/mol. The summed E-state index contributed by atoms with van der Waals surface area (Å²) in [7, 11) is 1.60. The zero-order chi connectivity index (χ0) is 10.4. The van der Waals surface area contributed by atoms with Crippen molar-refractivity contribution >= 4 is 11.6 Å². The van der Waals surface area contributed by atoms with Crippen molar-refractivity contribution in [2.75, 3.05) is 19.6 Å². The Morgan fingerprint density at radius 2 is 1.86 bits per heavy atom. The Balaban J connectivity index is 2.43. The van der Waals surface area contributed by atoms with Gasteiger partial charge >= 0.3 is 0 Å². The molecule has 0 spiro atoms. The fraction of sp³-hybridized carbons (Fsp3) is 0.400. The Kier molecular flexibility index (Phi) is 4.56. The van der Waals surface area contributed by atoms with Crippen LogP contribution in [0.25, 0.3) is 0 Å². The quantitative estimate of drug-likeness (QED) is 0.762. The van der Waals surface area contributed by atoms with E-state index in [1.54, 1.807) is 31.4 Å². The number of alkyl halides is 1. The maximum absolute atomic E-state index is 9.14. The number of aliphatic hydroxyl groups excluding tert-OH is 1. The average Bonchev–Trinajstić information content (AvgIpc) is 2.26. The maximum atomic E-state index is 9.14. The highest BCUT2D eigenvalue weighted by atomic mass is 35.5. The van der Waals surface area contributed by atoms with E-state index in [-0.39, 0.29) is 12.5 Å². The zero-order valence-corrected chi connectivity index (χ0v) is 8.70. The fourth-order valence-corrected chi connectivity index (χ4v) is 0.998. The van der Waals surface area contributed by atoms with Crippen LogP contribution in [0, 0.1) is 0 Å². The van der Waals surface area contributed by atoms with Crippen LogP contribution < -0.4 is 9.47 Å². The van der Waals surface area contributed by atoms with E-state index >= 15 is 0 Å². The van der Waals surface area contributed by atoms with Gasteiger partial charge in [-0.25, -0.2) is 0 Å². The molecule has 1 N–H and O–H groups in total. The van der Waals surface area contributed by atoms with Gasteiger partial charge < -0.3 is 14.6 Å². The number of aliphatic hydroxyl groups is 1. The van der Waals surface area contributed by atoms with Crippen molar-refractivity contribution in [2.24, 2.45) is 0 Å². The predicted octanol–water partition coefficient (Wildman–Crippen LogP) is 1.67. The van der Waals surface area contributed by atoms with Crippen molar-refractivity contribution < 1.29 is 14.6 Å². The lowest BCUT2D eigenvalue weighted by molar-refractivity contribution is 0.125. The molecule has 0 unspecified atom stereocenters. The van der Waals surface area contributed by atoms with Gasteiger partial charge in [0.15, 0.2) is 0 Å². The summed E-state index contributed by atoms with van der Waals surface area (Å²) in [5.74, 6) is 1.64. The molecule has 0 aliphatic carbocycles. The smallest absolute Gasteiger partial charge is 0.119 e. The van der Waals surface area contributed by atoms with Crippen LogP contribution in [-0.4, -0.2) is 30.8 Å². The third kappa shape index (κ3) is 3.44. The third-order valence-electron chi connectivity index (χ3n) is 1.68. The lowest BCUT2D eigenvalue weighted by atomic mass is 10.3. The maximum Gasteiger partial charge on any atom is 0.119 e. The molecule has 1 atom stereocenters.